The van der Waals surface area contributed by atoms with Crippen molar-refractivity contribution in [2.45, 2.75) is 19.3 Å². The number of furan rings is 1. The predicted molar refractivity (Wildman–Crippen MR) is 245 cm³/mol. The van der Waals surface area contributed by atoms with Crippen molar-refractivity contribution in [3.8, 4) is 67.5 Å². The van der Waals surface area contributed by atoms with Crippen LogP contribution in [-0.4, -0.2) is 15.0 Å². The van der Waals surface area contributed by atoms with Gasteiger partial charge in [0.25, 0.3) is 0 Å². The Morgan fingerprint density at radius 1 is 0.407 bits per heavy atom. The van der Waals surface area contributed by atoms with Crippen molar-refractivity contribution in [2.75, 3.05) is 0 Å². The molecule has 0 radical (unpaired) electrons. The van der Waals surface area contributed by atoms with Gasteiger partial charge in [0.2, 0.25) is 0 Å². The zero-order valence-corrected chi connectivity index (χ0v) is 33.2. The summed E-state index contributed by atoms with van der Waals surface area (Å²) in [5, 5.41) is 4.45. The van der Waals surface area contributed by atoms with E-state index in [4.69, 9.17) is 19.4 Å². The lowest BCUT2D eigenvalue weighted by atomic mass is 9.78. The lowest BCUT2D eigenvalue weighted by molar-refractivity contribution is 0.662. The molecule has 8 aromatic carbocycles. The lowest BCUT2D eigenvalue weighted by Gasteiger charge is -2.24. The number of nitrogens with zero attached hydrogens (tertiary/aromatic N) is 3. The van der Waals surface area contributed by atoms with E-state index in [9.17, 15) is 0 Å². The zero-order valence-electron chi connectivity index (χ0n) is 32.4. The SMILES string of the molecule is CC1(C)c2ccccc2-c2cccc(-c3cccc(-c4ccc5oc6cccc(-c7nc(-c8ccccc8)nc(-c8ccc9sc%10ccccc%10c9c8)n7)c6c5c4)c3)c21. The Morgan fingerprint density at radius 2 is 1.03 bits per heavy atom. The molecule has 59 heavy (non-hydrogen) atoms. The van der Waals surface area contributed by atoms with Crippen LogP contribution in [0.3, 0.4) is 0 Å². The monoisotopic (exact) mass is 773 g/mol. The normalized spacial score (nSPS) is 13.1. The molecule has 5 heteroatoms. The van der Waals surface area contributed by atoms with Gasteiger partial charge < -0.3 is 4.42 Å². The summed E-state index contributed by atoms with van der Waals surface area (Å²) in [6.45, 7) is 4.70. The molecule has 0 unspecified atom stereocenters. The average molecular weight is 774 g/mol. The topological polar surface area (TPSA) is 51.8 Å². The molecule has 11 aromatic rings. The van der Waals surface area contributed by atoms with Crippen LogP contribution >= 0.6 is 11.3 Å². The molecule has 0 atom stereocenters. The number of aromatic nitrogens is 3. The van der Waals surface area contributed by atoms with Crippen LogP contribution in [0.15, 0.2) is 180 Å². The minimum Gasteiger partial charge on any atom is -0.456 e. The van der Waals surface area contributed by atoms with Crippen molar-refractivity contribution in [1.82, 2.24) is 15.0 Å². The van der Waals surface area contributed by atoms with Gasteiger partial charge in [-0.15, -0.1) is 11.3 Å². The standard InChI is InChI=1S/C54H35N3OS/c1-54(2)44-22-8-6-17-38(44)40-20-11-19-37(50(40)54)35-16-10-15-33(29-35)34-25-27-45-43(30-34)49-41(21-12-23-46(49)58-45)53-56-51(32-13-4-3-5-14-32)55-52(57-53)36-26-28-48-42(31-36)39-18-7-9-24-47(39)59-48/h3-31H,1-2H3. The second-order valence-electron chi connectivity index (χ2n) is 16.0. The Labute approximate surface area is 345 Å². The van der Waals surface area contributed by atoms with E-state index >= 15 is 0 Å². The van der Waals surface area contributed by atoms with Gasteiger partial charge in [-0.05, 0) is 93.0 Å². The van der Waals surface area contributed by atoms with Crippen LogP contribution in [0.2, 0.25) is 0 Å². The quantitative estimate of drug-likeness (QED) is 0.175. The second-order valence-corrected chi connectivity index (χ2v) is 17.0. The van der Waals surface area contributed by atoms with Crippen LogP contribution < -0.4 is 0 Å². The Hall–Kier alpha value is -7.21. The highest BCUT2D eigenvalue weighted by molar-refractivity contribution is 7.25. The van der Waals surface area contributed by atoms with Gasteiger partial charge in [-0.25, -0.2) is 15.0 Å². The molecule has 3 aromatic heterocycles. The first-order valence-electron chi connectivity index (χ1n) is 20.0. The van der Waals surface area contributed by atoms with Gasteiger partial charge in [-0.2, -0.15) is 0 Å². The first kappa shape index (κ1) is 33.9. The minimum atomic E-state index is -0.107. The molecule has 0 fully saturated rings. The summed E-state index contributed by atoms with van der Waals surface area (Å²) in [5.41, 5.74) is 14.4. The van der Waals surface area contributed by atoms with Crippen molar-refractivity contribution in [2.24, 2.45) is 0 Å². The van der Waals surface area contributed by atoms with E-state index in [2.05, 4.69) is 159 Å². The summed E-state index contributed by atoms with van der Waals surface area (Å²) in [7, 11) is 0. The van der Waals surface area contributed by atoms with Crippen LogP contribution in [-0.2, 0) is 5.41 Å². The molecule has 0 saturated heterocycles. The maximum absolute atomic E-state index is 6.54. The van der Waals surface area contributed by atoms with Crippen LogP contribution in [0.1, 0.15) is 25.0 Å². The maximum Gasteiger partial charge on any atom is 0.164 e. The largest absolute Gasteiger partial charge is 0.456 e. The van der Waals surface area contributed by atoms with Gasteiger partial charge in [0, 0.05) is 53.1 Å². The van der Waals surface area contributed by atoms with E-state index in [1.807, 2.05) is 30.3 Å². The maximum atomic E-state index is 6.54. The van der Waals surface area contributed by atoms with Gasteiger partial charge in [0.1, 0.15) is 11.2 Å². The molecule has 0 aliphatic heterocycles. The summed E-state index contributed by atoms with van der Waals surface area (Å²) >= 11 is 1.81. The Morgan fingerprint density at radius 3 is 1.95 bits per heavy atom. The first-order chi connectivity index (χ1) is 29.0. The number of benzene rings is 8. The first-order valence-corrected chi connectivity index (χ1v) is 20.8. The highest BCUT2D eigenvalue weighted by atomic mass is 32.1. The summed E-state index contributed by atoms with van der Waals surface area (Å²) in [6, 6.07) is 62.5. The van der Waals surface area contributed by atoms with Crippen LogP contribution in [0.25, 0.3) is 110 Å². The zero-order chi connectivity index (χ0) is 39.2. The third-order valence-electron chi connectivity index (χ3n) is 12.1. The highest BCUT2D eigenvalue weighted by Gasteiger charge is 2.37. The average Bonchev–Trinajstić information content (AvgIpc) is 3.93. The molecule has 12 rings (SSSR count). The fourth-order valence-electron chi connectivity index (χ4n) is 9.35. The van der Waals surface area contributed by atoms with E-state index in [-0.39, 0.29) is 5.41 Å². The molecular weight excluding hydrogens is 739 g/mol. The van der Waals surface area contributed by atoms with Gasteiger partial charge >= 0.3 is 0 Å². The number of hydrogen-bond donors (Lipinski definition) is 0. The molecule has 0 amide bonds. The molecule has 278 valence electrons. The second kappa shape index (κ2) is 12.9. The Balaban J connectivity index is 1.01. The molecular formula is C54H35N3OS. The fourth-order valence-corrected chi connectivity index (χ4v) is 10.4. The molecule has 0 bridgehead atoms. The minimum absolute atomic E-state index is 0.107. The lowest BCUT2D eigenvalue weighted by Crippen LogP contribution is -2.16. The van der Waals surface area contributed by atoms with Gasteiger partial charge in [0.15, 0.2) is 17.5 Å². The van der Waals surface area contributed by atoms with Crippen molar-refractivity contribution < 1.29 is 4.42 Å². The number of thiophene rings is 1. The fraction of sp³-hybridized carbons (Fsp3) is 0.0556. The number of rotatable bonds is 5. The number of fused-ring (bicyclic) bond motifs is 9. The van der Waals surface area contributed by atoms with Crippen LogP contribution in [0.4, 0.5) is 0 Å². The summed E-state index contributed by atoms with van der Waals surface area (Å²) in [6.07, 6.45) is 0. The van der Waals surface area contributed by atoms with Gasteiger partial charge in [-0.3, -0.25) is 0 Å². The summed E-state index contributed by atoms with van der Waals surface area (Å²) in [4.78, 5) is 15.5. The van der Waals surface area contributed by atoms with Crippen molar-refractivity contribution in [1.29, 1.82) is 0 Å². The van der Waals surface area contributed by atoms with Crippen molar-refractivity contribution in [3.05, 3.63) is 187 Å². The van der Waals surface area contributed by atoms with Crippen molar-refractivity contribution >= 4 is 53.4 Å². The number of hydrogen-bond acceptors (Lipinski definition) is 5. The molecule has 0 saturated carbocycles. The van der Waals surface area contributed by atoms with Crippen LogP contribution in [0.5, 0.6) is 0 Å². The van der Waals surface area contributed by atoms with E-state index in [1.54, 1.807) is 11.3 Å². The van der Waals surface area contributed by atoms with Crippen molar-refractivity contribution in [3.63, 3.8) is 0 Å². The Bertz CT molecular complexity index is 3490. The molecule has 1 aliphatic carbocycles. The summed E-state index contributed by atoms with van der Waals surface area (Å²) in [5.74, 6) is 1.86. The predicted octanol–water partition coefficient (Wildman–Crippen LogP) is 14.8. The van der Waals surface area contributed by atoms with E-state index in [0.29, 0.717) is 17.5 Å². The van der Waals surface area contributed by atoms with Gasteiger partial charge in [-0.1, -0.05) is 141 Å². The Kier molecular flexibility index (Phi) is 7.41. The smallest absolute Gasteiger partial charge is 0.164 e. The molecule has 1 aliphatic rings. The van der Waals surface area contributed by atoms with E-state index in [0.717, 1.165) is 49.8 Å². The third kappa shape index (κ3) is 5.32. The van der Waals surface area contributed by atoms with E-state index in [1.165, 1.54) is 53.6 Å². The molecule has 3 heterocycles. The van der Waals surface area contributed by atoms with E-state index < -0.39 is 0 Å². The summed E-state index contributed by atoms with van der Waals surface area (Å²) < 4.78 is 9.05. The van der Waals surface area contributed by atoms with Crippen LogP contribution in [0, 0.1) is 0 Å². The molecule has 4 nitrogen and oxygen atoms in total. The van der Waals surface area contributed by atoms with Gasteiger partial charge in [0.05, 0.1) is 0 Å². The molecule has 0 N–H and O–H groups in total. The molecule has 0 spiro atoms. The highest BCUT2D eigenvalue weighted by Crippen LogP contribution is 2.52. The third-order valence-corrected chi connectivity index (χ3v) is 13.3.